The van der Waals surface area contributed by atoms with Crippen molar-refractivity contribution < 1.29 is 18.7 Å². The quantitative estimate of drug-likeness (QED) is 0.712. The number of nitrogens with zero attached hydrogens (tertiary/aromatic N) is 2. The Morgan fingerprint density at radius 3 is 2.92 bits per heavy atom. The van der Waals surface area contributed by atoms with E-state index in [-0.39, 0.29) is 12.7 Å². The Labute approximate surface area is 142 Å². The van der Waals surface area contributed by atoms with E-state index in [1.165, 1.54) is 17.6 Å². The molecule has 0 bridgehead atoms. The molecule has 24 heavy (non-hydrogen) atoms. The summed E-state index contributed by atoms with van der Waals surface area (Å²) in [5.74, 6) is 1.56. The summed E-state index contributed by atoms with van der Waals surface area (Å²) in [6.07, 6.45) is 3.23. The highest BCUT2D eigenvalue weighted by atomic mass is 32.1. The van der Waals surface area contributed by atoms with Crippen LogP contribution in [0, 0.1) is 0 Å². The molecular formula is C17H14N2O4S. The lowest BCUT2D eigenvalue weighted by Gasteiger charge is -2.21. The standard InChI is InChI=1S/C17H14N2O4S/c20-17(14-2-1-6-21-14)19(10-16-18-5-7-24-16)9-12-3-4-13-15(8-12)23-11-22-13/h1-8H,9-11H2. The molecule has 3 heterocycles. The van der Waals surface area contributed by atoms with E-state index < -0.39 is 0 Å². The van der Waals surface area contributed by atoms with Crippen molar-refractivity contribution in [3.63, 3.8) is 0 Å². The molecule has 3 aromatic rings. The van der Waals surface area contributed by atoms with Crippen molar-refractivity contribution in [2.24, 2.45) is 0 Å². The summed E-state index contributed by atoms with van der Waals surface area (Å²) in [5.41, 5.74) is 0.954. The number of carbonyl (C=O) groups is 1. The van der Waals surface area contributed by atoms with Gasteiger partial charge >= 0.3 is 0 Å². The molecular weight excluding hydrogens is 328 g/mol. The van der Waals surface area contributed by atoms with Gasteiger partial charge in [-0.15, -0.1) is 11.3 Å². The lowest BCUT2D eigenvalue weighted by Crippen LogP contribution is -2.29. The van der Waals surface area contributed by atoms with Gasteiger partial charge in [0.05, 0.1) is 12.8 Å². The number of hydrogen-bond donors (Lipinski definition) is 0. The molecule has 0 saturated heterocycles. The fourth-order valence-corrected chi connectivity index (χ4v) is 3.14. The number of ether oxygens (including phenoxy) is 2. The molecule has 1 aliphatic heterocycles. The van der Waals surface area contributed by atoms with E-state index in [4.69, 9.17) is 13.9 Å². The third kappa shape index (κ3) is 2.98. The Balaban J connectivity index is 1.58. The highest BCUT2D eigenvalue weighted by Gasteiger charge is 2.21. The van der Waals surface area contributed by atoms with Crippen molar-refractivity contribution in [2.45, 2.75) is 13.1 Å². The SMILES string of the molecule is O=C(c1ccco1)N(Cc1ccc2c(c1)OCO2)Cc1nccs1. The number of hydrogen-bond acceptors (Lipinski definition) is 6. The van der Waals surface area contributed by atoms with Crippen LogP contribution in [0.3, 0.4) is 0 Å². The van der Waals surface area contributed by atoms with Gasteiger partial charge in [-0.1, -0.05) is 6.07 Å². The summed E-state index contributed by atoms with van der Waals surface area (Å²) >= 11 is 1.52. The zero-order valence-electron chi connectivity index (χ0n) is 12.7. The van der Waals surface area contributed by atoms with Crippen LogP contribution in [0.1, 0.15) is 21.1 Å². The van der Waals surface area contributed by atoms with Gasteiger partial charge < -0.3 is 18.8 Å². The minimum atomic E-state index is -0.173. The lowest BCUT2D eigenvalue weighted by molar-refractivity contribution is 0.0697. The average Bonchev–Trinajstić information content (AvgIpc) is 3.34. The first-order valence-electron chi connectivity index (χ1n) is 7.39. The monoisotopic (exact) mass is 342 g/mol. The topological polar surface area (TPSA) is 64.8 Å². The smallest absolute Gasteiger partial charge is 0.290 e. The van der Waals surface area contributed by atoms with Gasteiger partial charge in [0.2, 0.25) is 6.79 Å². The van der Waals surface area contributed by atoms with E-state index in [1.807, 2.05) is 23.6 Å². The van der Waals surface area contributed by atoms with E-state index in [1.54, 1.807) is 23.2 Å². The zero-order valence-corrected chi connectivity index (χ0v) is 13.5. The molecule has 0 unspecified atom stereocenters. The van der Waals surface area contributed by atoms with Crippen molar-refractivity contribution >= 4 is 17.2 Å². The molecule has 1 aromatic carbocycles. The second-order valence-electron chi connectivity index (χ2n) is 5.25. The molecule has 1 amide bonds. The zero-order chi connectivity index (χ0) is 16.4. The predicted octanol–water partition coefficient (Wildman–Crippen LogP) is 3.31. The van der Waals surface area contributed by atoms with Gasteiger partial charge in [0.15, 0.2) is 17.3 Å². The van der Waals surface area contributed by atoms with Crippen molar-refractivity contribution in [2.75, 3.05) is 6.79 Å². The first-order valence-corrected chi connectivity index (χ1v) is 8.27. The molecule has 0 aliphatic carbocycles. The first-order chi connectivity index (χ1) is 11.8. The minimum absolute atomic E-state index is 0.173. The number of amides is 1. The van der Waals surface area contributed by atoms with Gasteiger partial charge in [0.1, 0.15) is 5.01 Å². The molecule has 0 N–H and O–H groups in total. The van der Waals surface area contributed by atoms with Crippen LogP contribution in [0.25, 0.3) is 0 Å². The van der Waals surface area contributed by atoms with Gasteiger partial charge in [-0.2, -0.15) is 0 Å². The molecule has 2 aromatic heterocycles. The number of rotatable bonds is 5. The predicted molar refractivity (Wildman–Crippen MR) is 87.0 cm³/mol. The van der Waals surface area contributed by atoms with Gasteiger partial charge in [-0.05, 0) is 29.8 Å². The van der Waals surface area contributed by atoms with E-state index >= 15 is 0 Å². The number of thiazole rings is 1. The van der Waals surface area contributed by atoms with Crippen LogP contribution >= 0.6 is 11.3 Å². The van der Waals surface area contributed by atoms with Crippen molar-refractivity contribution in [3.8, 4) is 11.5 Å². The summed E-state index contributed by atoms with van der Waals surface area (Å²) < 4.78 is 16.0. The summed E-state index contributed by atoms with van der Waals surface area (Å²) in [6.45, 7) is 1.08. The molecule has 0 saturated carbocycles. The van der Waals surface area contributed by atoms with Gasteiger partial charge in [-0.3, -0.25) is 4.79 Å². The molecule has 7 heteroatoms. The highest BCUT2D eigenvalue weighted by molar-refractivity contribution is 7.09. The normalized spacial score (nSPS) is 12.3. The Bertz CT molecular complexity index is 830. The van der Waals surface area contributed by atoms with Crippen molar-refractivity contribution in [3.05, 3.63) is 64.5 Å². The maximum absolute atomic E-state index is 12.7. The maximum atomic E-state index is 12.7. The Morgan fingerprint density at radius 1 is 1.21 bits per heavy atom. The number of carbonyl (C=O) groups excluding carboxylic acids is 1. The third-order valence-electron chi connectivity index (χ3n) is 3.64. The van der Waals surface area contributed by atoms with Crippen molar-refractivity contribution in [1.82, 2.24) is 9.88 Å². The molecule has 4 rings (SSSR count). The van der Waals surface area contributed by atoms with Crippen LogP contribution in [0.15, 0.2) is 52.6 Å². The molecule has 0 radical (unpaired) electrons. The molecule has 6 nitrogen and oxygen atoms in total. The Kier molecular flexibility index (Phi) is 3.92. The molecule has 0 atom stereocenters. The minimum Gasteiger partial charge on any atom is -0.459 e. The van der Waals surface area contributed by atoms with Crippen LogP contribution in [0.5, 0.6) is 11.5 Å². The van der Waals surface area contributed by atoms with Gasteiger partial charge in [0, 0.05) is 18.1 Å². The van der Waals surface area contributed by atoms with Crippen LogP contribution in [0.2, 0.25) is 0 Å². The number of furan rings is 1. The van der Waals surface area contributed by atoms with Crippen LogP contribution in [-0.4, -0.2) is 22.6 Å². The first kappa shape index (κ1) is 14.8. The lowest BCUT2D eigenvalue weighted by atomic mass is 10.2. The second kappa shape index (κ2) is 6.37. The summed E-state index contributed by atoms with van der Waals surface area (Å²) in [7, 11) is 0. The fraction of sp³-hybridized carbons (Fsp3) is 0.176. The average molecular weight is 342 g/mol. The number of fused-ring (bicyclic) bond motifs is 1. The number of benzene rings is 1. The van der Waals surface area contributed by atoms with E-state index in [0.717, 1.165) is 16.3 Å². The molecule has 1 aliphatic rings. The molecule has 0 fully saturated rings. The summed E-state index contributed by atoms with van der Waals surface area (Å²) in [6, 6.07) is 9.05. The summed E-state index contributed by atoms with van der Waals surface area (Å²) in [5, 5.41) is 2.77. The third-order valence-corrected chi connectivity index (χ3v) is 4.40. The van der Waals surface area contributed by atoms with Crippen molar-refractivity contribution in [1.29, 1.82) is 0 Å². The highest BCUT2D eigenvalue weighted by Crippen LogP contribution is 2.33. The largest absolute Gasteiger partial charge is 0.459 e. The molecule has 122 valence electrons. The second-order valence-corrected chi connectivity index (χ2v) is 6.23. The summed E-state index contributed by atoms with van der Waals surface area (Å²) in [4.78, 5) is 18.7. The van der Waals surface area contributed by atoms with Crippen LogP contribution in [-0.2, 0) is 13.1 Å². The van der Waals surface area contributed by atoms with Gasteiger partial charge in [-0.25, -0.2) is 4.98 Å². The van der Waals surface area contributed by atoms with E-state index in [0.29, 0.717) is 24.6 Å². The van der Waals surface area contributed by atoms with Gasteiger partial charge in [0.25, 0.3) is 5.91 Å². The fourth-order valence-electron chi connectivity index (χ4n) is 2.51. The number of aromatic nitrogens is 1. The Hall–Kier alpha value is -2.80. The van der Waals surface area contributed by atoms with E-state index in [9.17, 15) is 4.79 Å². The maximum Gasteiger partial charge on any atom is 0.290 e. The van der Waals surface area contributed by atoms with Crippen LogP contribution < -0.4 is 9.47 Å². The van der Waals surface area contributed by atoms with Crippen LogP contribution in [0.4, 0.5) is 0 Å². The van der Waals surface area contributed by atoms with E-state index in [2.05, 4.69) is 4.98 Å². The Morgan fingerprint density at radius 2 is 2.12 bits per heavy atom. The molecule has 0 spiro atoms.